The number of hydrogen-bond donors (Lipinski definition) is 1. The smallest absolute Gasteiger partial charge is 0.155 e. The molecule has 2 nitrogen and oxygen atoms in total. The molecule has 0 spiro atoms. The number of rotatable bonds is 5. The van der Waals surface area contributed by atoms with Crippen LogP contribution in [-0.2, 0) is 4.79 Å². The minimum absolute atomic E-state index is 0.236. The fourth-order valence-corrected chi connectivity index (χ4v) is 3.01. The maximum absolute atomic E-state index is 12.3. The maximum Gasteiger partial charge on any atom is 0.155 e. The predicted octanol–water partition coefficient (Wildman–Crippen LogP) is 3.29. The molecule has 94 valence electrons. The van der Waals surface area contributed by atoms with Crippen LogP contribution in [0.25, 0.3) is 0 Å². The van der Waals surface area contributed by atoms with Crippen molar-refractivity contribution in [3.05, 3.63) is 0 Å². The highest BCUT2D eigenvalue weighted by molar-refractivity contribution is 5.89. The minimum atomic E-state index is -0.588. The third-order valence-electron chi connectivity index (χ3n) is 4.06. The molecule has 16 heavy (non-hydrogen) atoms. The number of hydrogen-bond acceptors (Lipinski definition) is 2. The van der Waals surface area contributed by atoms with E-state index in [0.717, 1.165) is 31.6 Å². The van der Waals surface area contributed by atoms with Crippen LogP contribution in [0.2, 0.25) is 0 Å². The van der Waals surface area contributed by atoms with Gasteiger partial charge in [-0.25, -0.2) is 0 Å². The molecular formula is C14H27NO. The summed E-state index contributed by atoms with van der Waals surface area (Å²) in [5.74, 6) is 1.30. The molecule has 0 aromatic rings. The molecule has 1 rings (SSSR count). The number of carbonyl (C=O) groups is 1. The van der Waals surface area contributed by atoms with Crippen molar-refractivity contribution in [1.82, 2.24) is 0 Å². The first-order valence-corrected chi connectivity index (χ1v) is 6.84. The summed E-state index contributed by atoms with van der Waals surface area (Å²) < 4.78 is 0. The third kappa shape index (κ3) is 3.31. The second-order valence-corrected chi connectivity index (χ2v) is 5.67. The molecule has 0 radical (unpaired) electrons. The fraction of sp³-hybridized carbons (Fsp3) is 0.929. The number of Topliss-reactive ketones (excluding diaryl/α,β-unsaturated/α-hetero) is 1. The van der Waals surface area contributed by atoms with Crippen molar-refractivity contribution in [1.29, 1.82) is 0 Å². The van der Waals surface area contributed by atoms with Crippen molar-refractivity contribution in [2.24, 2.45) is 17.6 Å². The Labute approximate surface area is 100.0 Å². The molecule has 0 saturated heterocycles. The van der Waals surface area contributed by atoms with Gasteiger partial charge in [0.25, 0.3) is 0 Å². The van der Waals surface area contributed by atoms with Crippen LogP contribution in [0.4, 0.5) is 0 Å². The van der Waals surface area contributed by atoms with Gasteiger partial charge in [-0.05, 0) is 32.1 Å². The second kappa shape index (κ2) is 5.81. The summed E-state index contributed by atoms with van der Waals surface area (Å²) in [5, 5.41) is 0. The van der Waals surface area contributed by atoms with Crippen molar-refractivity contribution in [3.8, 4) is 0 Å². The second-order valence-electron chi connectivity index (χ2n) is 5.67. The van der Waals surface area contributed by atoms with Gasteiger partial charge in [0.1, 0.15) is 0 Å². The molecule has 0 bridgehead atoms. The van der Waals surface area contributed by atoms with Crippen LogP contribution in [-0.4, -0.2) is 11.3 Å². The molecule has 1 aliphatic rings. The lowest BCUT2D eigenvalue weighted by Crippen LogP contribution is -2.48. The molecular weight excluding hydrogens is 198 g/mol. The topological polar surface area (TPSA) is 43.1 Å². The Kier molecular flexibility index (Phi) is 4.97. The van der Waals surface area contributed by atoms with Crippen molar-refractivity contribution >= 4 is 5.78 Å². The highest BCUT2D eigenvalue weighted by atomic mass is 16.1. The van der Waals surface area contributed by atoms with E-state index in [1.165, 1.54) is 19.3 Å². The van der Waals surface area contributed by atoms with Gasteiger partial charge < -0.3 is 5.73 Å². The summed E-state index contributed by atoms with van der Waals surface area (Å²) in [6.07, 6.45) is 7.66. The minimum Gasteiger partial charge on any atom is -0.319 e. The Morgan fingerprint density at radius 2 is 2.06 bits per heavy atom. The van der Waals surface area contributed by atoms with E-state index in [0.29, 0.717) is 5.78 Å². The lowest BCUT2D eigenvalue weighted by Gasteiger charge is -2.33. The average Bonchev–Trinajstić information content (AvgIpc) is 2.28. The molecule has 3 unspecified atom stereocenters. The van der Waals surface area contributed by atoms with Gasteiger partial charge in [0, 0.05) is 5.92 Å². The van der Waals surface area contributed by atoms with Gasteiger partial charge in [0.2, 0.25) is 0 Å². The average molecular weight is 225 g/mol. The van der Waals surface area contributed by atoms with Gasteiger partial charge in [-0.3, -0.25) is 4.79 Å². The maximum atomic E-state index is 12.3. The summed E-state index contributed by atoms with van der Waals surface area (Å²) in [4.78, 5) is 12.3. The molecule has 0 amide bonds. The Morgan fingerprint density at radius 3 is 2.62 bits per heavy atom. The molecule has 0 aliphatic heterocycles. The largest absolute Gasteiger partial charge is 0.319 e. The van der Waals surface area contributed by atoms with E-state index in [9.17, 15) is 4.79 Å². The molecule has 0 heterocycles. The zero-order chi connectivity index (χ0) is 12.2. The van der Waals surface area contributed by atoms with E-state index < -0.39 is 5.54 Å². The Hall–Kier alpha value is -0.370. The zero-order valence-electron chi connectivity index (χ0n) is 11.1. The van der Waals surface area contributed by atoms with Gasteiger partial charge >= 0.3 is 0 Å². The first-order chi connectivity index (χ1) is 7.51. The summed E-state index contributed by atoms with van der Waals surface area (Å²) in [6, 6.07) is 0. The molecule has 0 aromatic heterocycles. The van der Waals surface area contributed by atoms with Crippen LogP contribution in [0.3, 0.4) is 0 Å². The van der Waals surface area contributed by atoms with Crippen LogP contribution in [0.1, 0.15) is 65.7 Å². The SMILES string of the molecule is CCCC(C)(N)C(=O)C1CCCC(CC)C1. The summed E-state index contributed by atoms with van der Waals surface area (Å²) in [7, 11) is 0. The van der Waals surface area contributed by atoms with Gasteiger partial charge in [0.15, 0.2) is 5.78 Å². The van der Waals surface area contributed by atoms with Crippen LogP contribution in [0.5, 0.6) is 0 Å². The van der Waals surface area contributed by atoms with Crippen molar-refractivity contribution in [2.45, 2.75) is 71.3 Å². The normalized spacial score (nSPS) is 29.8. The first-order valence-electron chi connectivity index (χ1n) is 6.84. The molecule has 1 aliphatic carbocycles. The van der Waals surface area contributed by atoms with E-state index >= 15 is 0 Å². The van der Waals surface area contributed by atoms with Gasteiger partial charge in [-0.1, -0.05) is 39.5 Å². The van der Waals surface area contributed by atoms with Crippen LogP contribution in [0, 0.1) is 11.8 Å². The highest BCUT2D eigenvalue weighted by Gasteiger charge is 2.35. The predicted molar refractivity (Wildman–Crippen MR) is 68.2 cm³/mol. The van der Waals surface area contributed by atoms with E-state index in [-0.39, 0.29) is 5.92 Å². The number of nitrogens with two attached hydrogens (primary N) is 1. The van der Waals surface area contributed by atoms with Crippen LogP contribution >= 0.6 is 0 Å². The summed E-state index contributed by atoms with van der Waals surface area (Å²) in [5.41, 5.74) is 5.55. The summed E-state index contributed by atoms with van der Waals surface area (Å²) >= 11 is 0. The number of ketones is 1. The van der Waals surface area contributed by atoms with Gasteiger partial charge in [-0.15, -0.1) is 0 Å². The molecule has 2 heteroatoms. The molecule has 0 aromatic carbocycles. The van der Waals surface area contributed by atoms with Crippen LogP contribution in [0.15, 0.2) is 0 Å². The Balaban J connectivity index is 2.59. The zero-order valence-corrected chi connectivity index (χ0v) is 11.1. The lowest BCUT2D eigenvalue weighted by atomic mass is 9.73. The van der Waals surface area contributed by atoms with E-state index in [1.54, 1.807) is 0 Å². The number of carbonyl (C=O) groups excluding carboxylic acids is 1. The first kappa shape index (κ1) is 13.7. The van der Waals surface area contributed by atoms with Crippen molar-refractivity contribution in [3.63, 3.8) is 0 Å². The fourth-order valence-electron chi connectivity index (χ4n) is 3.01. The monoisotopic (exact) mass is 225 g/mol. The lowest BCUT2D eigenvalue weighted by molar-refractivity contribution is -0.129. The van der Waals surface area contributed by atoms with E-state index in [2.05, 4.69) is 13.8 Å². The quantitative estimate of drug-likeness (QED) is 0.780. The Bertz CT molecular complexity index is 235. The third-order valence-corrected chi connectivity index (χ3v) is 4.06. The summed E-state index contributed by atoms with van der Waals surface area (Å²) in [6.45, 7) is 6.23. The standard InChI is InChI=1S/C14H27NO/c1-4-9-14(3,15)13(16)12-8-6-7-11(5-2)10-12/h11-12H,4-10,15H2,1-3H3. The van der Waals surface area contributed by atoms with Crippen molar-refractivity contribution < 1.29 is 4.79 Å². The van der Waals surface area contributed by atoms with Crippen molar-refractivity contribution in [2.75, 3.05) is 0 Å². The van der Waals surface area contributed by atoms with E-state index in [1.807, 2.05) is 6.92 Å². The molecule has 2 N–H and O–H groups in total. The van der Waals surface area contributed by atoms with Gasteiger partial charge in [0.05, 0.1) is 5.54 Å². The van der Waals surface area contributed by atoms with Gasteiger partial charge in [-0.2, -0.15) is 0 Å². The molecule has 1 saturated carbocycles. The highest BCUT2D eigenvalue weighted by Crippen LogP contribution is 2.33. The van der Waals surface area contributed by atoms with E-state index in [4.69, 9.17) is 5.73 Å². The van der Waals surface area contributed by atoms with Crippen LogP contribution < -0.4 is 5.73 Å². The molecule has 1 fully saturated rings. The molecule has 3 atom stereocenters. The Morgan fingerprint density at radius 1 is 1.38 bits per heavy atom.